The number of aryl methyl sites for hydroxylation is 1. The van der Waals surface area contributed by atoms with Crippen LogP contribution in [0.4, 0.5) is 0 Å². The summed E-state index contributed by atoms with van der Waals surface area (Å²) >= 11 is 0. The van der Waals surface area contributed by atoms with Crippen LogP contribution in [-0.4, -0.2) is 9.67 Å². The van der Waals surface area contributed by atoms with Crippen LogP contribution in [0.5, 0.6) is 0 Å². The van der Waals surface area contributed by atoms with Crippen LogP contribution in [0.2, 0.25) is 0 Å². The van der Waals surface area contributed by atoms with Crippen molar-refractivity contribution in [1.82, 2.24) is 4.57 Å². The van der Waals surface area contributed by atoms with E-state index in [4.69, 9.17) is 0 Å². The molecule has 1 atom stereocenters. The maximum atomic E-state index is 9.52. The van der Waals surface area contributed by atoms with E-state index in [1.807, 2.05) is 36.0 Å². The predicted octanol–water partition coefficient (Wildman–Crippen LogP) is 2.23. The molecule has 0 aliphatic heterocycles. The molecule has 1 aromatic carbocycles. The van der Waals surface area contributed by atoms with Gasteiger partial charge < -0.3 is 9.67 Å². The highest BCUT2D eigenvalue weighted by molar-refractivity contribution is 5.84. The standard InChI is InChI=1S/C11H13NO/c1-8(13)10-7-12(2)11-6-4-3-5-9(10)11/h3-8,13H,1-2H3. The first-order valence-corrected chi connectivity index (χ1v) is 4.42. The largest absolute Gasteiger partial charge is 0.389 e. The summed E-state index contributed by atoms with van der Waals surface area (Å²) in [6.07, 6.45) is 1.58. The third-order valence-electron chi connectivity index (χ3n) is 2.38. The lowest BCUT2D eigenvalue weighted by atomic mass is 10.1. The Hall–Kier alpha value is -1.28. The molecule has 0 fully saturated rings. The molecule has 2 nitrogen and oxygen atoms in total. The Labute approximate surface area is 77.4 Å². The first-order valence-electron chi connectivity index (χ1n) is 4.42. The summed E-state index contributed by atoms with van der Waals surface area (Å²) in [6.45, 7) is 1.79. The summed E-state index contributed by atoms with van der Waals surface area (Å²) in [5.41, 5.74) is 2.16. The van der Waals surface area contributed by atoms with Crippen molar-refractivity contribution in [2.75, 3.05) is 0 Å². The summed E-state index contributed by atoms with van der Waals surface area (Å²) in [7, 11) is 1.99. The van der Waals surface area contributed by atoms with Gasteiger partial charge in [-0.25, -0.2) is 0 Å². The molecular weight excluding hydrogens is 162 g/mol. The van der Waals surface area contributed by atoms with Crippen LogP contribution >= 0.6 is 0 Å². The molecule has 1 N–H and O–H groups in total. The van der Waals surface area contributed by atoms with E-state index in [9.17, 15) is 5.11 Å². The Bertz CT molecular complexity index is 429. The van der Waals surface area contributed by atoms with Crippen molar-refractivity contribution in [1.29, 1.82) is 0 Å². The lowest BCUT2D eigenvalue weighted by molar-refractivity contribution is 0.200. The molecule has 1 unspecified atom stereocenters. The number of hydrogen-bond acceptors (Lipinski definition) is 1. The van der Waals surface area contributed by atoms with E-state index in [0.717, 1.165) is 10.9 Å². The van der Waals surface area contributed by atoms with E-state index in [0.29, 0.717) is 0 Å². The second kappa shape index (κ2) is 2.89. The normalized spacial score (nSPS) is 13.5. The van der Waals surface area contributed by atoms with E-state index in [2.05, 4.69) is 6.07 Å². The van der Waals surface area contributed by atoms with E-state index < -0.39 is 6.10 Å². The quantitative estimate of drug-likeness (QED) is 0.706. The lowest BCUT2D eigenvalue weighted by Crippen LogP contribution is -1.88. The number of benzene rings is 1. The number of para-hydroxylation sites is 1. The molecule has 0 spiro atoms. The average molecular weight is 175 g/mol. The van der Waals surface area contributed by atoms with Gasteiger partial charge in [0, 0.05) is 29.7 Å². The van der Waals surface area contributed by atoms with Gasteiger partial charge in [0.1, 0.15) is 0 Å². The van der Waals surface area contributed by atoms with Gasteiger partial charge in [-0.15, -0.1) is 0 Å². The van der Waals surface area contributed by atoms with E-state index in [1.54, 1.807) is 6.92 Å². The second-order valence-corrected chi connectivity index (χ2v) is 3.39. The number of rotatable bonds is 1. The summed E-state index contributed by atoms with van der Waals surface area (Å²) in [4.78, 5) is 0. The predicted molar refractivity (Wildman–Crippen MR) is 53.6 cm³/mol. The van der Waals surface area contributed by atoms with Gasteiger partial charge in [0.15, 0.2) is 0 Å². The lowest BCUT2D eigenvalue weighted by Gasteiger charge is -2.00. The minimum atomic E-state index is -0.397. The molecule has 2 aromatic rings. The molecule has 1 aromatic heterocycles. The van der Waals surface area contributed by atoms with Crippen molar-refractivity contribution in [2.24, 2.45) is 7.05 Å². The van der Waals surface area contributed by atoms with E-state index in [1.165, 1.54) is 5.52 Å². The zero-order chi connectivity index (χ0) is 9.42. The highest BCUT2D eigenvalue weighted by Crippen LogP contribution is 2.25. The maximum absolute atomic E-state index is 9.52. The Balaban J connectivity index is 2.78. The Morgan fingerprint density at radius 1 is 1.31 bits per heavy atom. The number of aliphatic hydroxyl groups is 1. The summed E-state index contributed by atoms with van der Waals surface area (Å²) < 4.78 is 2.04. The molecule has 0 saturated heterocycles. The molecule has 1 heterocycles. The fourth-order valence-electron chi connectivity index (χ4n) is 1.71. The van der Waals surface area contributed by atoms with Gasteiger partial charge in [0.2, 0.25) is 0 Å². The molecule has 0 amide bonds. The SMILES string of the molecule is CC(O)c1cn(C)c2ccccc12. The van der Waals surface area contributed by atoms with Gasteiger partial charge in [0.25, 0.3) is 0 Å². The third kappa shape index (κ3) is 1.23. The van der Waals surface area contributed by atoms with Gasteiger partial charge in [-0.2, -0.15) is 0 Å². The molecule has 2 heteroatoms. The number of hydrogen-bond donors (Lipinski definition) is 1. The van der Waals surface area contributed by atoms with Crippen LogP contribution in [0, 0.1) is 0 Å². The van der Waals surface area contributed by atoms with Crippen molar-refractivity contribution in [3.05, 3.63) is 36.0 Å². The van der Waals surface area contributed by atoms with Gasteiger partial charge in [-0.3, -0.25) is 0 Å². The van der Waals surface area contributed by atoms with Gasteiger partial charge in [-0.1, -0.05) is 18.2 Å². The molecule has 0 radical (unpaired) electrons. The minimum absolute atomic E-state index is 0.397. The van der Waals surface area contributed by atoms with Crippen LogP contribution < -0.4 is 0 Å². The molecule has 2 rings (SSSR count). The van der Waals surface area contributed by atoms with Crippen LogP contribution in [0.1, 0.15) is 18.6 Å². The molecule has 0 saturated carbocycles. The zero-order valence-electron chi connectivity index (χ0n) is 7.86. The Morgan fingerprint density at radius 3 is 2.69 bits per heavy atom. The molecule has 0 aliphatic rings. The monoisotopic (exact) mass is 175 g/mol. The topological polar surface area (TPSA) is 25.2 Å². The Morgan fingerprint density at radius 2 is 2.00 bits per heavy atom. The van der Waals surface area contributed by atoms with Crippen molar-refractivity contribution in [3.63, 3.8) is 0 Å². The van der Waals surface area contributed by atoms with Crippen LogP contribution in [0.25, 0.3) is 10.9 Å². The van der Waals surface area contributed by atoms with Gasteiger partial charge >= 0.3 is 0 Å². The number of aromatic nitrogens is 1. The number of fused-ring (bicyclic) bond motifs is 1. The smallest absolute Gasteiger partial charge is 0.0782 e. The van der Waals surface area contributed by atoms with Crippen molar-refractivity contribution < 1.29 is 5.11 Å². The molecular formula is C11H13NO. The van der Waals surface area contributed by atoms with Crippen molar-refractivity contribution in [2.45, 2.75) is 13.0 Å². The highest BCUT2D eigenvalue weighted by atomic mass is 16.3. The Kier molecular flexibility index (Phi) is 1.85. The van der Waals surface area contributed by atoms with Crippen LogP contribution in [-0.2, 0) is 7.05 Å². The van der Waals surface area contributed by atoms with Crippen LogP contribution in [0.15, 0.2) is 30.5 Å². The fraction of sp³-hybridized carbons (Fsp3) is 0.273. The molecule has 13 heavy (non-hydrogen) atoms. The summed E-state index contributed by atoms with van der Waals surface area (Å²) in [5.74, 6) is 0. The first kappa shape index (κ1) is 8.32. The summed E-state index contributed by atoms with van der Waals surface area (Å²) in [5, 5.41) is 10.7. The number of aliphatic hydroxyl groups excluding tert-OH is 1. The van der Waals surface area contributed by atoms with Crippen molar-refractivity contribution >= 4 is 10.9 Å². The van der Waals surface area contributed by atoms with Crippen LogP contribution in [0.3, 0.4) is 0 Å². The third-order valence-corrected chi connectivity index (χ3v) is 2.38. The molecule has 0 bridgehead atoms. The second-order valence-electron chi connectivity index (χ2n) is 3.39. The van der Waals surface area contributed by atoms with Crippen molar-refractivity contribution in [3.8, 4) is 0 Å². The maximum Gasteiger partial charge on any atom is 0.0782 e. The number of nitrogens with zero attached hydrogens (tertiary/aromatic N) is 1. The van der Waals surface area contributed by atoms with Gasteiger partial charge in [0.05, 0.1) is 6.10 Å². The van der Waals surface area contributed by atoms with E-state index in [-0.39, 0.29) is 0 Å². The molecule has 0 aliphatic carbocycles. The molecule has 68 valence electrons. The van der Waals surface area contributed by atoms with E-state index >= 15 is 0 Å². The zero-order valence-corrected chi connectivity index (χ0v) is 7.86. The fourth-order valence-corrected chi connectivity index (χ4v) is 1.71. The summed E-state index contributed by atoms with van der Waals surface area (Å²) in [6, 6.07) is 8.10. The average Bonchev–Trinajstić information content (AvgIpc) is 2.45. The minimum Gasteiger partial charge on any atom is -0.389 e. The highest BCUT2D eigenvalue weighted by Gasteiger charge is 2.09. The van der Waals surface area contributed by atoms with Gasteiger partial charge in [-0.05, 0) is 13.0 Å². The first-order chi connectivity index (χ1) is 6.20.